The number of carboxylic acids is 1. The predicted octanol–water partition coefficient (Wildman–Crippen LogP) is 1.44. The summed E-state index contributed by atoms with van der Waals surface area (Å²) in [6, 6.07) is 6.93. The van der Waals surface area contributed by atoms with Gasteiger partial charge in [-0.3, -0.25) is 9.59 Å². The highest BCUT2D eigenvalue weighted by Crippen LogP contribution is 2.17. The maximum Gasteiger partial charge on any atom is 0.303 e. The molecule has 0 bridgehead atoms. The molecule has 114 valence electrons. The van der Waals surface area contributed by atoms with Crippen LogP contribution in [0, 0.1) is 6.92 Å². The molecule has 0 saturated carbocycles. The number of aromatic nitrogens is 4. The fourth-order valence-corrected chi connectivity index (χ4v) is 1.72. The first kappa shape index (κ1) is 15.5. The van der Waals surface area contributed by atoms with E-state index in [1.54, 1.807) is 31.2 Å². The molecular weight excluding hydrogens is 286 g/mol. The van der Waals surface area contributed by atoms with Crippen LogP contribution in [0.1, 0.15) is 25.1 Å². The molecule has 0 aliphatic heterocycles. The molecule has 1 aromatic carbocycles. The Bertz CT molecular complexity index is 655. The lowest BCUT2D eigenvalue weighted by molar-refractivity contribution is -0.137. The maximum absolute atomic E-state index is 11.6. The van der Waals surface area contributed by atoms with Crippen LogP contribution in [-0.4, -0.2) is 37.4 Å². The molecule has 0 fully saturated rings. The first-order valence-corrected chi connectivity index (χ1v) is 6.70. The van der Waals surface area contributed by atoms with E-state index in [0.717, 1.165) is 5.56 Å². The summed E-state index contributed by atoms with van der Waals surface area (Å²) in [4.78, 5) is 22.0. The second kappa shape index (κ2) is 7.21. The van der Waals surface area contributed by atoms with Crippen molar-refractivity contribution in [3.63, 3.8) is 0 Å². The molecule has 8 heteroatoms. The van der Waals surface area contributed by atoms with Crippen LogP contribution >= 0.6 is 0 Å². The lowest BCUT2D eigenvalue weighted by Gasteiger charge is -2.05. The SMILES string of the molecule is Cc1nnc(-c2ccc(NC(=O)CCCC(=O)O)cc2)nn1. The van der Waals surface area contributed by atoms with E-state index in [1.165, 1.54) is 0 Å². The minimum atomic E-state index is -0.905. The van der Waals surface area contributed by atoms with Crippen LogP contribution in [0.4, 0.5) is 5.69 Å². The maximum atomic E-state index is 11.6. The van der Waals surface area contributed by atoms with Gasteiger partial charge in [0.15, 0.2) is 5.82 Å². The number of benzene rings is 1. The van der Waals surface area contributed by atoms with Crippen molar-refractivity contribution in [2.24, 2.45) is 0 Å². The Morgan fingerprint density at radius 2 is 1.68 bits per heavy atom. The van der Waals surface area contributed by atoms with Gasteiger partial charge in [0.2, 0.25) is 11.7 Å². The van der Waals surface area contributed by atoms with Crippen molar-refractivity contribution >= 4 is 17.6 Å². The van der Waals surface area contributed by atoms with Crippen LogP contribution in [0.5, 0.6) is 0 Å². The van der Waals surface area contributed by atoms with Crippen molar-refractivity contribution in [3.8, 4) is 11.4 Å². The van der Waals surface area contributed by atoms with E-state index in [1.807, 2.05) is 0 Å². The molecular formula is C14H15N5O3. The molecule has 2 N–H and O–H groups in total. The van der Waals surface area contributed by atoms with Crippen LogP contribution in [0.25, 0.3) is 11.4 Å². The van der Waals surface area contributed by atoms with Gasteiger partial charge in [0.05, 0.1) is 0 Å². The Morgan fingerprint density at radius 1 is 1.05 bits per heavy atom. The number of anilines is 1. The molecule has 1 heterocycles. The van der Waals surface area contributed by atoms with E-state index < -0.39 is 5.97 Å². The average molecular weight is 301 g/mol. The predicted molar refractivity (Wildman–Crippen MR) is 77.9 cm³/mol. The quantitative estimate of drug-likeness (QED) is 0.828. The number of hydrogen-bond acceptors (Lipinski definition) is 6. The van der Waals surface area contributed by atoms with Gasteiger partial charge in [-0.2, -0.15) is 0 Å². The Labute approximate surface area is 126 Å². The van der Waals surface area contributed by atoms with Crippen LogP contribution in [0.3, 0.4) is 0 Å². The van der Waals surface area contributed by atoms with Crippen molar-refractivity contribution < 1.29 is 14.7 Å². The van der Waals surface area contributed by atoms with Crippen molar-refractivity contribution in [3.05, 3.63) is 30.1 Å². The topological polar surface area (TPSA) is 118 Å². The first-order valence-electron chi connectivity index (χ1n) is 6.70. The molecule has 0 unspecified atom stereocenters. The summed E-state index contributed by atoms with van der Waals surface area (Å²) < 4.78 is 0. The lowest BCUT2D eigenvalue weighted by atomic mass is 10.2. The number of carbonyl (C=O) groups is 2. The summed E-state index contributed by atoms with van der Waals surface area (Å²) in [7, 11) is 0. The smallest absolute Gasteiger partial charge is 0.303 e. The number of aliphatic carboxylic acids is 1. The molecule has 0 aliphatic carbocycles. The van der Waals surface area contributed by atoms with E-state index in [2.05, 4.69) is 25.7 Å². The summed E-state index contributed by atoms with van der Waals surface area (Å²) in [6.07, 6.45) is 0.466. The Hall–Kier alpha value is -2.90. The molecule has 8 nitrogen and oxygen atoms in total. The summed E-state index contributed by atoms with van der Waals surface area (Å²) in [5.74, 6) is -0.222. The summed E-state index contributed by atoms with van der Waals surface area (Å²) >= 11 is 0. The van der Waals surface area contributed by atoms with Crippen LogP contribution in [0.15, 0.2) is 24.3 Å². The van der Waals surface area contributed by atoms with E-state index in [4.69, 9.17) is 5.11 Å². The zero-order chi connectivity index (χ0) is 15.9. The highest BCUT2D eigenvalue weighted by molar-refractivity contribution is 5.91. The van der Waals surface area contributed by atoms with E-state index in [-0.39, 0.29) is 18.7 Å². The fourth-order valence-electron chi connectivity index (χ4n) is 1.72. The third kappa shape index (κ3) is 4.58. The molecule has 2 rings (SSSR count). The van der Waals surface area contributed by atoms with Gasteiger partial charge < -0.3 is 10.4 Å². The number of carbonyl (C=O) groups excluding carboxylic acids is 1. The number of carboxylic acid groups (broad SMARTS) is 1. The molecule has 0 spiro atoms. The number of rotatable bonds is 6. The minimum absolute atomic E-state index is 0.0167. The lowest BCUT2D eigenvalue weighted by Crippen LogP contribution is -2.11. The number of hydrogen-bond donors (Lipinski definition) is 2. The zero-order valence-corrected chi connectivity index (χ0v) is 12.0. The van der Waals surface area contributed by atoms with Crippen LogP contribution in [0.2, 0.25) is 0 Å². The standard InChI is InChI=1S/C14H15N5O3/c1-9-16-18-14(19-17-9)10-5-7-11(8-6-10)15-12(20)3-2-4-13(21)22/h5-8H,2-4H2,1H3,(H,15,20)(H,21,22). The number of nitrogens with zero attached hydrogens (tertiary/aromatic N) is 4. The summed E-state index contributed by atoms with van der Waals surface area (Å²) in [6.45, 7) is 1.70. The van der Waals surface area contributed by atoms with E-state index in [9.17, 15) is 9.59 Å². The van der Waals surface area contributed by atoms with Crippen molar-refractivity contribution in [2.45, 2.75) is 26.2 Å². The average Bonchev–Trinajstić information content (AvgIpc) is 2.48. The van der Waals surface area contributed by atoms with Gasteiger partial charge in [-0.15, -0.1) is 20.4 Å². The van der Waals surface area contributed by atoms with Crippen molar-refractivity contribution in [1.29, 1.82) is 0 Å². The first-order chi connectivity index (χ1) is 10.5. The molecule has 1 amide bonds. The van der Waals surface area contributed by atoms with Crippen molar-refractivity contribution in [2.75, 3.05) is 5.32 Å². The van der Waals surface area contributed by atoms with Gasteiger partial charge in [-0.05, 0) is 37.6 Å². The Kier molecular flexibility index (Phi) is 5.07. The van der Waals surface area contributed by atoms with Crippen LogP contribution in [-0.2, 0) is 9.59 Å². The number of nitrogens with one attached hydrogen (secondary N) is 1. The third-order valence-corrected chi connectivity index (χ3v) is 2.80. The van der Waals surface area contributed by atoms with Gasteiger partial charge in [-0.25, -0.2) is 0 Å². The van der Waals surface area contributed by atoms with Gasteiger partial charge >= 0.3 is 5.97 Å². The fraction of sp³-hybridized carbons (Fsp3) is 0.286. The van der Waals surface area contributed by atoms with Gasteiger partial charge in [0.25, 0.3) is 0 Å². The second-order valence-electron chi connectivity index (χ2n) is 4.64. The van der Waals surface area contributed by atoms with Gasteiger partial charge in [0.1, 0.15) is 0 Å². The second-order valence-corrected chi connectivity index (χ2v) is 4.64. The molecule has 0 atom stereocenters. The normalized spacial score (nSPS) is 10.2. The number of aryl methyl sites for hydroxylation is 1. The van der Waals surface area contributed by atoms with Gasteiger partial charge in [0, 0.05) is 24.1 Å². The van der Waals surface area contributed by atoms with E-state index >= 15 is 0 Å². The third-order valence-electron chi connectivity index (χ3n) is 2.80. The molecule has 2 aromatic rings. The van der Waals surface area contributed by atoms with Crippen LogP contribution < -0.4 is 5.32 Å². The molecule has 22 heavy (non-hydrogen) atoms. The summed E-state index contributed by atoms with van der Waals surface area (Å²) in [5, 5.41) is 26.7. The minimum Gasteiger partial charge on any atom is -0.481 e. The van der Waals surface area contributed by atoms with Crippen molar-refractivity contribution in [1.82, 2.24) is 20.4 Å². The molecule has 0 aliphatic rings. The van der Waals surface area contributed by atoms with Gasteiger partial charge in [-0.1, -0.05) is 0 Å². The number of amides is 1. The molecule has 0 radical (unpaired) electrons. The monoisotopic (exact) mass is 301 g/mol. The summed E-state index contributed by atoms with van der Waals surface area (Å²) in [5.41, 5.74) is 1.36. The highest BCUT2D eigenvalue weighted by Gasteiger charge is 2.06. The molecule has 0 saturated heterocycles. The zero-order valence-electron chi connectivity index (χ0n) is 12.0. The Morgan fingerprint density at radius 3 is 2.27 bits per heavy atom. The highest BCUT2D eigenvalue weighted by atomic mass is 16.4. The van der Waals surface area contributed by atoms with E-state index in [0.29, 0.717) is 23.8 Å². The largest absolute Gasteiger partial charge is 0.481 e. The Balaban J connectivity index is 1.93. The molecule has 1 aromatic heterocycles.